The zero-order valence-electron chi connectivity index (χ0n) is 16.7. The molecule has 2 amide bonds. The minimum absolute atomic E-state index is 0.224. The molecule has 160 valence electrons. The van der Waals surface area contributed by atoms with Gasteiger partial charge in [-0.1, -0.05) is 23.7 Å². The van der Waals surface area contributed by atoms with Crippen molar-refractivity contribution >= 4 is 29.1 Å². The van der Waals surface area contributed by atoms with Crippen LogP contribution in [0.4, 0.5) is 10.1 Å². The summed E-state index contributed by atoms with van der Waals surface area (Å²) in [5, 5.41) is 5.89. The van der Waals surface area contributed by atoms with E-state index in [4.69, 9.17) is 11.6 Å². The number of rotatable bonds is 7. The number of halogens is 2. The SMILES string of the molecule is O=C(NCCCN1CCN(c2ccc(F)cc2)CC1)C(=O)NCc1ccc(Cl)cc1. The molecular weight excluding hydrogens is 407 g/mol. The van der Waals surface area contributed by atoms with Gasteiger partial charge < -0.3 is 15.5 Å². The highest BCUT2D eigenvalue weighted by Crippen LogP contribution is 2.16. The molecule has 30 heavy (non-hydrogen) atoms. The smallest absolute Gasteiger partial charge is 0.309 e. The number of carbonyl (C=O) groups is 2. The molecule has 0 radical (unpaired) electrons. The lowest BCUT2D eigenvalue weighted by Crippen LogP contribution is -2.47. The van der Waals surface area contributed by atoms with Crippen molar-refractivity contribution in [2.24, 2.45) is 0 Å². The van der Waals surface area contributed by atoms with Crippen LogP contribution >= 0.6 is 11.6 Å². The summed E-state index contributed by atoms with van der Waals surface area (Å²) >= 11 is 5.82. The maximum Gasteiger partial charge on any atom is 0.309 e. The molecular formula is C22H26ClFN4O2. The summed E-state index contributed by atoms with van der Waals surface area (Å²) in [7, 11) is 0. The molecule has 2 N–H and O–H groups in total. The summed E-state index contributed by atoms with van der Waals surface area (Å²) in [4.78, 5) is 28.3. The van der Waals surface area contributed by atoms with Crippen LogP contribution in [0.3, 0.4) is 0 Å². The van der Waals surface area contributed by atoms with Crippen molar-refractivity contribution in [2.75, 3.05) is 44.2 Å². The Balaban J connectivity index is 1.28. The maximum atomic E-state index is 13.0. The number of carbonyl (C=O) groups excluding carboxylic acids is 2. The average Bonchev–Trinajstić information content (AvgIpc) is 2.77. The van der Waals surface area contributed by atoms with Gasteiger partial charge in [-0.2, -0.15) is 0 Å². The molecule has 8 heteroatoms. The summed E-state index contributed by atoms with van der Waals surface area (Å²) in [6.45, 7) is 5.16. The molecule has 1 aliphatic rings. The van der Waals surface area contributed by atoms with Crippen LogP contribution in [0.15, 0.2) is 48.5 Å². The number of benzene rings is 2. The Kier molecular flexibility index (Phi) is 8.04. The van der Waals surface area contributed by atoms with E-state index in [9.17, 15) is 14.0 Å². The predicted octanol–water partition coefficient (Wildman–Crippen LogP) is 2.42. The van der Waals surface area contributed by atoms with Gasteiger partial charge in [0, 0.05) is 50.0 Å². The van der Waals surface area contributed by atoms with Gasteiger partial charge in [-0.25, -0.2) is 4.39 Å². The summed E-state index contributed by atoms with van der Waals surface area (Å²) in [6.07, 6.45) is 0.771. The molecule has 1 fully saturated rings. The lowest BCUT2D eigenvalue weighted by molar-refractivity contribution is -0.139. The number of anilines is 1. The molecule has 2 aromatic carbocycles. The molecule has 0 saturated carbocycles. The quantitative estimate of drug-likeness (QED) is 0.521. The second-order valence-corrected chi connectivity index (χ2v) is 7.66. The normalized spacial score (nSPS) is 14.4. The van der Waals surface area contributed by atoms with Crippen molar-refractivity contribution in [1.29, 1.82) is 0 Å². The highest BCUT2D eigenvalue weighted by molar-refractivity contribution is 6.35. The lowest BCUT2D eigenvalue weighted by Gasteiger charge is -2.36. The molecule has 1 saturated heterocycles. The minimum atomic E-state index is -0.641. The predicted molar refractivity (Wildman–Crippen MR) is 116 cm³/mol. The van der Waals surface area contributed by atoms with Gasteiger partial charge in [-0.3, -0.25) is 14.5 Å². The molecule has 0 unspecified atom stereocenters. The molecule has 1 aliphatic heterocycles. The van der Waals surface area contributed by atoms with E-state index >= 15 is 0 Å². The third-order valence-electron chi connectivity index (χ3n) is 5.07. The Bertz CT molecular complexity index is 837. The number of nitrogens with zero attached hydrogens (tertiary/aromatic N) is 2. The van der Waals surface area contributed by atoms with Crippen LogP contribution in [0.2, 0.25) is 5.02 Å². The third kappa shape index (κ3) is 6.71. The molecule has 1 heterocycles. The molecule has 3 rings (SSSR count). The number of nitrogens with one attached hydrogen (secondary N) is 2. The standard InChI is InChI=1S/C22H26ClFN4O2/c23-18-4-2-17(3-5-18)16-26-22(30)21(29)25-10-1-11-27-12-14-28(15-13-27)20-8-6-19(24)7-9-20/h2-9H,1,10-16H2,(H,25,29)(H,26,30). The van der Waals surface area contributed by atoms with Crippen LogP contribution in [0.1, 0.15) is 12.0 Å². The Morgan fingerprint density at radius 3 is 2.20 bits per heavy atom. The monoisotopic (exact) mass is 432 g/mol. The molecule has 0 aromatic heterocycles. The zero-order valence-corrected chi connectivity index (χ0v) is 17.5. The summed E-state index contributed by atoms with van der Waals surface area (Å²) in [6, 6.07) is 13.7. The first kappa shape index (κ1) is 22.1. The van der Waals surface area contributed by atoms with Gasteiger partial charge in [-0.15, -0.1) is 0 Å². The van der Waals surface area contributed by atoms with Crippen LogP contribution in [0, 0.1) is 5.82 Å². The maximum absolute atomic E-state index is 13.0. The Hall–Kier alpha value is -2.64. The van der Waals surface area contributed by atoms with Gasteiger partial charge >= 0.3 is 11.8 Å². The molecule has 6 nitrogen and oxygen atoms in total. The largest absolute Gasteiger partial charge is 0.369 e. The first-order valence-corrected chi connectivity index (χ1v) is 10.4. The van der Waals surface area contributed by atoms with Crippen LogP contribution < -0.4 is 15.5 Å². The van der Waals surface area contributed by atoms with E-state index in [0.717, 1.165) is 50.4 Å². The number of amides is 2. The first-order valence-electron chi connectivity index (χ1n) is 10.0. The Morgan fingerprint density at radius 1 is 0.900 bits per heavy atom. The summed E-state index contributed by atoms with van der Waals surface area (Å²) in [5.74, 6) is -1.49. The van der Waals surface area contributed by atoms with E-state index in [0.29, 0.717) is 11.6 Å². The Labute approximate surface area is 181 Å². The molecule has 0 spiro atoms. The van der Waals surface area contributed by atoms with Crippen LogP contribution in [-0.2, 0) is 16.1 Å². The molecule has 0 bridgehead atoms. The van der Waals surface area contributed by atoms with Crippen molar-refractivity contribution in [1.82, 2.24) is 15.5 Å². The fourth-order valence-electron chi connectivity index (χ4n) is 3.33. The van der Waals surface area contributed by atoms with E-state index in [1.807, 2.05) is 0 Å². The van der Waals surface area contributed by atoms with Gasteiger partial charge in [0.15, 0.2) is 0 Å². The van der Waals surface area contributed by atoms with Crippen LogP contribution in [0.25, 0.3) is 0 Å². The van der Waals surface area contributed by atoms with Crippen molar-refractivity contribution in [3.63, 3.8) is 0 Å². The number of hydrogen-bond acceptors (Lipinski definition) is 4. The van der Waals surface area contributed by atoms with Crippen molar-refractivity contribution in [3.8, 4) is 0 Å². The first-order chi connectivity index (χ1) is 14.5. The van der Waals surface area contributed by atoms with E-state index in [1.165, 1.54) is 12.1 Å². The van der Waals surface area contributed by atoms with E-state index in [-0.39, 0.29) is 12.4 Å². The van der Waals surface area contributed by atoms with E-state index in [2.05, 4.69) is 20.4 Å². The summed E-state index contributed by atoms with van der Waals surface area (Å²) in [5.41, 5.74) is 1.91. The van der Waals surface area contributed by atoms with Crippen LogP contribution in [-0.4, -0.2) is 56.0 Å². The third-order valence-corrected chi connectivity index (χ3v) is 5.33. The molecule has 2 aromatic rings. The lowest BCUT2D eigenvalue weighted by atomic mass is 10.2. The highest BCUT2D eigenvalue weighted by Gasteiger charge is 2.17. The number of hydrogen-bond donors (Lipinski definition) is 2. The fourth-order valence-corrected chi connectivity index (χ4v) is 3.46. The second kappa shape index (κ2) is 10.9. The fraction of sp³-hybridized carbons (Fsp3) is 0.364. The molecule has 0 aliphatic carbocycles. The van der Waals surface area contributed by atoms with Gasteiger partial charge in [0.2, 0.25) is 0 Å². The van der Waals surface area contributed by atoms with Crippen molar-refractivity contribution in [3.05, 3.63) is 64.9 Å². The van der Waals surface area contributed by atoms with Gasteiger partial charge in [0.25, 0.3) is 0 Å². The van der Waals surface area contributed by atoms with Gasteiger partial charge in [0.05, 0.1) is 0 Å². The van der Waals surface area contributed by atoms with Crippen molar-refractivity contribution < 1.29 is 14.0 Å². The van der Waals surface area contributed by atoms with Crippen LogP contribution in [0.5, 0.6) is 0 Å². The zero-order chi connectivity index (χ0) is 21.3. The Morgan fingerprint density at radius 2 is 1.53 bits per heavy atom. The van der Waals surface area contributed by atoms with Gasteiger partial charge in [-0.05, 0) is 54.9 Å². The second-order valence-electron chi connectivity index (χ2n) is 7.22. The minimum Gasteiger partial charge on any atom is -0.369 e. The highest BCUT2D eigenvalue weighted by atomic mass is 35.5. The molecule has 0 atom stereocenters. The summed E-state index contributed by atoms with van der Waals surface area (Å²) < 4.78 is 13.0. The average molecular weight is 433 g/mol. The van der Waals surface area contributed by atoms with Gasteiger partial charge in [0.1, 0.15) is 5.82 Å². The van der Waals surface area contributed by atoms with Crippen molar-refractivity contribution in [2.45, 2.75) is 13.0 Å². The van der Waals surface area contributed by atoms with E-state index in [1.54, 1.807) is 36.4 Å². The number of piperazine rings is 1. The van der Waals surface area contributed by atoms with E-state index < -0.39 is 11.8 Å². The topological polar surface area (TPSA) is 64.7 Å².